The summed E-state index contributed by atoms with van der Waals surface area (Å²) in [5, 5.41) is 0.786. The standard InChI is InChI=1S/C22H22Cl2N2O6S/c1-30-17-6-3-5-14(21(17)31-2)20-15-11-13(23)8-9-16(15)26-12-19(24)25-22(26)18(32-20)7-4-10-33(27,28)29/h3,5-6,8-9,11-12,18,20H,4,7,10H2,1-2H3,(H,27,28,29)/t18-,20-/m1/s1. The van der Waals surface area contributed by atoms with E-state index in [2.05, 4.69) is 4.98 Å². The normalized spacial score (nSPS) is 17.7. The van der Waals surface area contributed by atoms with Crippen molar-refractivity contribution < 1.29 is 27.2 Å². The molecule has 0 aliphatic carbocycles. The number of nitrogens with zero attached hydrogens (tertiary/aromatic N) is 2. The molecule has 1 aromatic heterocycles. The van der Waals surface area contributed by atoms with E-state index in [1.807, 2.05) is 22.8 Å². The number of fused-ring (bicyclic) bond motifs is 3. The topological polar surface area (TPSA) is 99.9 Å². The zero-order valence-corrected chi connectivity index (χ0v) is 20.2. The van der Waals surface area contributed by atoms with E-state index in [-0.39, 0.29) is 18.0 Å². The van der Waals surface area contributed by atoms with Crippen molar-refractivity contribution in [2.24, 2.45) is 0 Å². The maximum atomic E-state index is 11.3. The van der Waals surface area contributed by atoms with Crippen molar-refractivity contribution in [1.82, 2.24) is 9.55 Å². The van der Waals surface area contributed by atoms with Crippen molar-refractivity contribution in [3.05, 3.63) is 69.7 Å². The Kier molecular flexibility index (Phi) is 6.88. The molecule has 1 aliphatic rings. The van der Waals surface area contributed by atoms with Gasteiger partial charge in [0.25, 0.3) is 10.1 Å². The molecule has 2 heterocycles. The van der Waals surface area contributed by atoms with E-state index in [1.165, 1.54) is 0 Å². The van der Waals surface area contributed by atoms with E-state index < -0.39 is 28.1 Å². The first-order valence-electron chi connectivity index (χ1n) is 10.1. The lowest BCUT2D eigenvalue weighted by atomic mass is 9.98. The Morgan fingerprint density at radius 3 is 2.64 bits per heavy atom. The first-order valence-corrected chi connectivity index (χ1v) is 12.4. The minimum Gasteiger partial charge on any atom is -0.493 e. The second-order valence-electron chi connectivity index (χ2n) is 7.51. The number of para-hydroxylation sites is 1. The summed E-state index contributed by atoms with van der Waals surface area (Å²) in [5.74, 6) is 1.16. The molecule has 4 rings (SSSR count). The monoisotopic (exact) mass is 512 g/mol. The van der Waals surface area contributed by atoms with Crippen LogP contribution in [0.1, 0.15) is 42.0 Å². The van der Waals surface area contributed by atoms with Gasteiger partial charge in [0.2, 0.25) is 0 Å². The molecule has 0 spiro atoms. The molecule has 0 saturated heterocycles. The largest absolute Gasteiger partial charge is 0.493 e. The van der Waals surface area contributed by atoms with Gasteiger partial charge in [-0.15, -0.1) is 0 Å². The fourth-order valence-corrected chi connectivity index (χ4v) is 4.94. The van der Waals surface area contributed by atoms with E-state index >= 15 is 0 Å². The molecule has 176 valence electrons. The van der Waals surface area contributed by atoms with Gasteiger partial charge in [-0.2, -0.15) is 8.42 Å². The molecule has 33 heavy (non-hydrogen) atoms. The van der Waals surface area contributed by atoms with Gasteiger partial charge in [0.15, 0.2) is 11.5 Å². The number of aromatic nitrogens is 2. The third-order valence-electron chi connectivity index (χ3n) is 5.41. The molecule has 11 heteroatoms. The predicted octanol–water partition coefficient (Wildman–Crippen LogP) is 5.03. The molecule has 8 nitrogen and oxygen atoms in total. The zero-order chi connectivity index (χ0) is 23.8. The van der Waals surface area contributed by atoms with E-state index in [9.17, 15) is 13.0 Å². The lowest BCUT2D eigenvalue weighted by Gasteiger charge is -2.25. The average Bonchev–Trinajstić information content (AvgIpc) is 3.11. The summed E-state index contributed by atoms with van der Waals surface area (Å²) in [6.45, 7) is 0. The minimum absolute atomic E-state index is 0.160. The van der Waals surface area contributed by atoms with Crippen molar-refractivity contribution in [1.29, 1.82) is 0 Å². The van der Waals surface area contributed by atoms with Gasteiger partial charge in [0.1, 0.15) is 23.2 Å². The van der Waals surface area contributed by atoms with E-state index in [0.717, 1.165) is 11.3 Å². The Labute approximate surface area is 201 Å². The highest BCUT2D eigenvalue weighted by Gasteiger charge is 2.34. The maximum Gasteiger partial charge on any atom is 0.264 e. The van der Waals surface area contributed by atoms with Gasteiger partial charge in [0, 0.05) is 22.3 Å². The summed E-state index contributed by atoms with van der Waals surface area (Å²) in [5.41, 5.74) is 2.22. The van der Waals surface area contributed by atoms with Gasteiger partial charge in [-0.25, -0.2) is 4.98 Å². The second kappa shape index (κ2) is 9.52. The van der Waals surface area contributed by atoms with Gasteiger partial charge in [0.05, 0.1) is 25.7 Å². The highest BCUT2D eigenvalue weighted by molar-refractivity contribution is 7.85. The Balaban J connectivity index is 1.88. The molecule has 0 fully saturated rings. The SMILES string of the molecule is COc1cccc([C@H]2O[C@H](CCCS(=O)(=O)O)c3nc(Cl)cn3-c3ccc(Cl)cc32)c1OC. The van der Waals surface area contributed by atoms with Crippen molar-refractivity contribution in [2.45, 2.75) is 25.0 Å². The van der Waals surface area contributed by atoms with Crippen LogP contribution in [-0.2, 0) is 14.9 Å². The Hall–Kier alpha value is -2.30. The first kappa shape index (κ1) is 23.8. The smallest absolute Gasteiger partial charge is 0.264 e. The van der Waals surface area contributed by atoms with Crippen LogP contribution in [0.25, 0.3) is 5.69 Å². The lowest BCUT2D eigenvalue weighted by Crippen LogP contribution is -2.14. The molecule has 1 aliphatic heterocycles. The summed E-state index contributed by atoms with van der Waals surface area (Å²) in [6.07, 6.45) is 0.838. The molecule has 3 aromatic rings. The van der Waals surface area contributed by atoms with Crippen LogP contribution in [0.15, 0.2) is 42.6 Å². The van der Waals surface area contributed by atoms with Crippen LogP contribution < -0.4 is 9.47 Å². The lowest BCUT2D eigenvalue weighted by molar-refractivity contribution is -0.00158. The predicted molar refractivity (Wildman–Crippen MR) is 124 cm³/mol. The molecule has 0 saturated carbocycles. The Bertz CT molecular complexity index is 1280. The number of hydrogen-bond donors (Lipinski definition) is 1. The first-order chi connectivity index (χ1) is 15.7. The second-order valence-corrected chi connectivity index (χ2v) is 9.91. The molecule has 0 unspecified atom stereocenters. The minimum atomic E-state index is -4.11. The molecule has 0 bridgehead atoms. The molecular weight excluding hydrogens is 491 g/mol. The van der Waals surface area contributed by atoms with Gasteiger partial charge in [-0.05, 0) is 37.1 Å². The van der Waals surface area contributed by atoms with E-state index in [1.54, 1.807) is 38.6 Å². The molecule has 0 amide bonds. The van der Waals surface area contributed by atoms with Gasteiger partial charge in [-0.3, -0.25) is 9.12 Å². The Morgan fingerprint density at radius 1 is 1.15 bits per heavy atom. The van der Waals surface area contributed by atoms with Gasteiger partial charge < -0.3 is 14.2 Å². The van der Waals surface area contributed by atoms with Gasteiger partial charge in [-0.1, -0.05) is 35.3 Å². The van der Waals surface area contributed by atoms with Crippen molar-refractivity contribution >= 4 is 33.3 Å². The molecular formula is C22H22Cl2N2O6S. The number of rotatable bonds is 7. The van der Waals surface area contributed by atoms with Crippen LogP contribution in [0.4, 0.5) is 0 Å². The number of methoxy groups -OCH3 is 2. The zero-order valence-electron chi connectivity index (χ0n) is 17.9. The number of benzene rings is 2. The average molecular weight is 513 g/mol. The molecule has 0 radical (unpaired) electrons. The van der Waals surface area contributed by atoms with Crippen molar-refractivity contribution in [2.75, 3.05) is 20.0 Å². The van der Waals surface area contributed by atoms with Crippen molar-refractivity contribution in [3.8, 4) is 17.2 Å². The third-order valence-corrected chi connectivity index (χ3v) is 6.63. The fourth-order valence-electron chi connectivity index (χ4n) is 4.05. The summed E-state index contributed by atoms with van der Waals surface area (Å²) < 4.78 is 51.2. The summed E-state index contributed by atoms with van der Waals surface area (Å²) in [6, 6.07) is 10.9. The highest BCUT2D eigenvalue weighted by atomic mass is 35.5. The van der Waals surface area contributed by atoms with Crippen LogP contribution in [0, 0.1) is 0 Å². The number of imidazole rings is 1. The van der Waals surface area contributed by atoms with E-state index in [4.69, 9.17) is 37.4 Å². The molecule has 1 N–H and O–H groups in total. The van der Waals surface area contributed by atoms with Crippen LogP contribution >= 0.6 is 23.2 Å². The molecule has 2 atom stereocenters. The Morgan fingerprint density at radius 2 is 1.94 bits per heavy atom. The summed E-state index contributed by atoms with van der Waals surface area (Å²) in [4.78, 5) is 4.44. The number of ether oxygens (including phenoxy) is 3. The highest BCUT2D eigenvalue weighted by Crippen LogP contribution is 2.46. The van der Waals surface area contributed by atoms with E-state index in [0.29, 0.717) is 27.9 Å². The summed E-state index contributed by atoms with van der Waals surface area (Å²) >= 11 is 12.6. The van der Waals surface area contributed by atoms with Crippen molar-refractivity contribution in [3.63, 3.8) is 0 Å². The van der Waals surface area contributed by atoms with Crippen LogP contribution in [0.5, 0.6) is 11.5 Å². The van der Waals surface area contributed by atoms with Crippen LogP contribution in [0.2, 0.25) is 10.2 Å². The fraction of sp³-hybridized carbons (Fsp3) is 0.318. The summed E-state index contributed by atoms with van der Waals surface area (Å²) in [7, 11) is -1.01. The van der Waals surface area contributed by atoms with Gasteiger partial charge >= 0.3 is 0 Å². The quantitative estimate of drug-likeness (QED) is 0.443. The van der Waals surface area contributed by atoms with Crippen LogP contribution in [0.3, 0.4) is 0 Å². The number of halogens is 2. The van der Waals surface area contributed by atoms with Crippen LogP contribution in [-0.4, -0.2) is 42.5 Å². The molecule has 2 aromatic carbocycles. The maximum absolute atomic E-state index is 11.3. The number of hydrogen-bond acceptors (Lipinski definition) is 6. The third kappa shape index (κ3) is 4.97.